The van der Waals surface area contributed by atoms with Gasteiger partial charge in [0.25, 0.3) is 0 Å². The Morgan fingerprint density at radius 1 is 1.36 bits per heavy atom. The molecule has 2 fully saturated rings. The van der Waals surface area contributed by atoms with Crippen molar-refractivity contribution >= 4 is 0 Å². The fourth-order valence-corrected chi connectivity index (χ4v) is 3.03. The molecule has 2 atom stereocenters. The van der Waals surface area contributed by atoms with Crippen molar-refractivity contribution in [3.8, 4) is 0 Å². The van der Waals surface area contributed by atoms with E-state index >= 15 is 0 Å². The molecule has 2 rings (SSSR count). The smallest absolute Gasteiger partial charge is 0.00355 e. The molecular formula is C10H19N. The van der Waals surface area contributed by atoms with Gasteiger partial charge in [-0.25, -0.2) is 0 Å². The molecule has 1 aliphatic heterocycles. The second-order valence-electron chi connectivity index (χ2n) is 4.84. The Balaban J connectivity index is 2.02. The molecule has 2 aliphatic rings. The Hall–Kier alpha value is -0.0400. The lowest BCUT2D eigenvalue weighted by Gasteiger charge is -2.22. The summed E-state index contributed by atoms with van der Waals surface area (Å²) < 4.78 is 0. The van der Waals surface area contributed by atoms with Gasteiger partial charge in [0, 0.05) is 6.54 Å². The van der Waals surface area contributed by atoms with Gasteiger partial charge >= 0.3 is 0 Å². The van der Waals surface area contributed by atoms with Crippen molar-refractivity contribution in [2.75, 3.05) is 20.1 Å². The zero-order valence-corrected chi connectivity index (χ0v) is 7.77. The normalized spacial score (nSPS) is 45.8. The highest BCUT2D eigenvalue weighted by Gasteiger charge is 2.41. The van der Waals surface area contributed by atoms with Gasteiger partial charge in [-0.15, -0.1) is 0 Å². The molecule has 11 heavy (non-hydrogen) atoms. The van der Waals surface area contributed by atoms with Gasteiger partial charge in [-0.2, -0.15) is 0 Å². The molecule has 0 aromatic carbocycles. The van der Waals surface area contributed by atoms with Crippen LogP contribution in [0, 0.1) is 11.3 Å². The molecule has 0 N–H and O–H groups in total. The summed E-state index contributed by atoms with van der Waals surface area (Å²) in [6.45, 7) is 5.12. The van der Waals surface area contributed by atoms with Crippen molar-refractivity contribution in [3.05, 3.63) is 0 Å². The molecule has 0 bridgehead atoms. The fraction of sp³-hybridized carbons (Fsp3) is 1.00. The maximum absolute atomic E-state index is 2.50. The van der Waals surface area contributed by atoms with Gasteiger partial charge in [0.15, 0.2) is 0 Å². The zero-order valence-electron chi connectivity index (χ0n) is 7.77. The number of rotatable bonds is 0. The summed E-state index contributed by atoms with van der Waals surface area (Å²) in [5.74, 6) is 1.00. The first kappa shape index (κ1) is 7.60. The second kappa shape index (κ2) is 2.48. The first-order valence-electron chi connectivity index (χ1n) is 4.89. The summed E-state index contributed by atoms with van der Waals surface area (Å²) in [5.41, 5.74) is 0.758. The third kappa shape index (κ3) is 1.31. The van der Waals surface area contributed by atoms with Crippen LogP contribution in [0.25, 0.3) is 0 Å². The van der Waals surface area contributed by atoms with Gasteiger partial charge in [0.2, 0.25) is 0 Å². The Bertz CT molecular complexity index is 135. The Morgan fingerprint density at radius 3 is 2.64 bits per heavy atom. The number of nitrogens with zero attached hydrogens (tertiary/aromatic N) is 1. The van der Waals surface area contributed by atoms with Crippen LogP contribution >= 0.6 is 0 Å². The van der Waals surface area contributed by atoms with Crippen LogP contribution in [0.3, 0.4) is 0 Å². The molecule has 0 amide bonds. The van der Waals surface area contributed by atoms with Crippen molar-refractivity contribution in [3.63, 3.8) is 0 Å². The molecule has 1 nitrogen and oxygen atoms in total. The topological polar surface area (TPSA) is 3.24 Å². The largest absolute Gasteiger partial charge is 0.306 e. The molecule has 0 radical (unpaired) electrons. The highest BCUT2D eigenvalue weighted by molar-refractivity contribution is 4.94. The molecule has 1 unspecified atom stereocenters. The zero-order chi connectivity index (χ0) is 7.90. The van der Waals surface area contributed by atoms with Crippen LogP contribution in [0.4, 0.5) is 0 Å². The minimum atomic E-state index is 0.758. The summed E-state index contributed by atoms with van der Waals surface area (Å²) in [7, 11) is 2.26. The maximum atomic E-state index is 2.50. The Morgan fingerprint density at radius 2 is 2.18 bits per heavy atom. The lowest BCUT2D eigenvalue weighted by molar-refractivity contribution is 0.281. The van der Waals surface area contributed by atoms with E-state index in [4.69, 9.17) is 0 Å². The van der Waals surface area contributed by atoms with Gasteiger partial charge in [-0.05, 0) is 44.2 Å². The van der Waals surface area contributed by atoms with Crippen molar-refractivity contribution in [2.45, 2.75) is 32.6 Å². The summed E-state index contributed by atoms with van der Waals surface area (Å²) in [6.07, 6.45) is 5.94. The fourth-order valence-electron chi connectivity index (χ4n) is 3.03. The van der Waals surface area contributed by atoms with Crippen LogP contribution in [0.1, 0.15) is 32.6 Å². The van der Waals surface area contributed by atoms with E-state index in [-0.39, 0.29) is 0 Å². The summed E-state index contributed by atoms with van der Waals surface area (Å²) in [6, 6.07) is 0. The lowest BCUT2D eigenvalue weighted by atomic mass is 9.85. The lowest BCUT2D eigenvalue weighted by Crippen LogP contribution is -2.21. The quantitative estimate of drug-likeness (QED) is 0.515. The van der Waals surface area contributed by atoms with Gasteiger partial charge in [-0.1, -0.05) is 13.3 Å². The van der Waals surface area contributed by atoms with Crippen molar-refractivity contribution in [2.24, 2.45) is 11.3 Å². The first-order valence-corrected chi connectivity index (χ1v) is 4.89. The van der Waals surface area contributed by atoms with Crippen LogP contribution in [0.2, 0.25) is 0 Å². The third-order valence-electron chi connectivity index (χ3n) is 3.58. The van der Waals surface area contributed by atoms with Crippen LogP contribution in [0.15, 0.2) is 0 Å². The second-order valence-corrected chi connectivity index (χ2v) is 4.84. The first-order chi connectivity index (χ1) is 5.20. The number of likely N-dealkylation sites (tertiary alicyclic amines) is 1. The molecular weight excluding hydrogens is 134 g/mol. The molecule has 0 aromatic rings. The molecule has 1 spiro atoms. The van der Waals surface area contributed by atoms with Gasteiger partial charge < -0.3 is 4.90 Å². The highest BCUT2D eigenvalue weighted by Crippen LogP contribution is 2.47. The molecule has 1 saturated carbocycles. The van der Waals surface area contributed by atoms with Crippen LogP contribution in [0.5, 0.6) is 0 Å². The molecule has 1 heterocycles. The third-order valence-corrected chi connectivity index (χ3v) is 3.58. The van der Waals surface area contributed by atoms with E-state index in [2.05, 4.69) is 18.9 Å². The highest BCUT2D eigenvalue weighted by atomic mass is 15.1. The van der Waals surface area contributed by atoms with Crippen molar-refractivity contribution in [1.29, 1.82) is 0 Å². The van der Waals surface area contributed by atoms with Gasteiger partial charge in [-0.3, -0.25) is 0 Å². The van der Waals surface area contributed by atoms with Crippen LogP contribution < -0.4 is 0 Å². The molecule has 1 heteroatoms. The molecule has 1 aliphatic carbocycles. The van der Waals surface area contributed by atoms with Crippen molar-refractivity contribution < 1.29 is 0 Å². The van der Waals surface area contributed by atoms with E-state index in [1.54, 1.807) is 0 Å². The van der Waals surface area contributed by atoms with E-state index in [1.165, 1.54) is 38.8 Å². The van der Waals surface area contributed by atoms with E-state index in [0.717, 1.165) is 11.3 Å². The summed E-state index contributed by atoms with van der Waals surface area (Å²) >= 11 is 0. The molecule has 0 aromatic heterocycles. The van der Waals surface area contributed by atoms with E-state index in [1.807, 2.05) is 0 Å². The summed E-state index contributed by atoms with van der Waals surface area (Å²) in [5, 5.41) is 0. The maximum Gasteiger partial charge on any atom is 0.00355 e. The van der Waals surface area contributed by atoms with E-state index in [0.29, 0.717) is 0 Å². The number of hydrogen-bond acceptors (Lipinski definition) is 1. The van der Waals surface area contributed by atoms with Crippen molar-refractivity contribution in [1.82, 2.24) is 4.90 Å². The minimum Gasteiger partial charge on any atom is -0.306 e. The number of hydrogen-bond donors (Lipinski definition) is 0. The average Bonchev–Trinajstić information content (AvgIpc) is 2.44. The SMILES string of the molecule is C[C@@H]1CCC2(CCN(C)C2)C1. The summed E-state index contributed by atoms with van der Waals surface area (Å²) in [4.78, 5) is 2.50. The van der Waals surface area contributed by atoms with Gasteiger partial charge in [0.1, 0.15) is 0 Å². The Labute approximate surface area is 69.8 Å². The van der Waals surface area contributed by atoms with E-state index < -0.39 is 0 Å². The van der Waals surface area contributed by atoms with Crippen LogP contribution in [-0.4, -0.2) is 25.0 Å². The predicted molar refractivity (Wildman–Crippen MR) is 47.6 cm³/mol. The van der Waals surface area contributed by atoms with Gasteiger partial charge in [0.05, 0.1) is 0 Å². The molecule has 64 valence electrons. The Kier molecular flexibility index (Phi) is 1.71. The standard InChI is InChI=1S/C10H19N/c1-9-3-4-10(7-9)5-6-11(2)8-10/h9H,3-8H2,1-2H3/t9-,10?/m1/s1. The van der Waals surface area contributed by atoms with Crippen LogP contribution in [-0.2, 0) is 0 Å². The average molecular weight is 153 g/mol. The molecule has 1 saturated heterocycles. The van der Waals surface area contributed by atoms with E-state index in [9.17, 15) is 0 Å². The predicted octanol–water partition coefficient (Wildman–Crippen LogP) is 2.13. The monoisotopic (exact) mass is 153 g/mol. The minimum absolute atomic E-state index is 0.758.